The van der Waals surface area contributed by atoms with Gasteiger partial charge in [-0.2, -0.15) is 0 Å². The number of hydrogen-bond donors (Lipinski definition) is 2. The molecule has 0 aliphatic rings. The van der Waals surface area contributed by atoms with Crippen LogP contribution in [0.2, 0.25) is 10.0 Å². The van der Waals surface area contributed by atoms with Gasteiger partial charge in [0.1, 0.15) is 6.61 Å². The van der Waals surface area contributed by atoms with Crippen molar-refractivity contribution in [1.29, 1.82) is 0 Å². The number of aliphatic carboxylic acids is 1. The topological polar surface area (TPSA) is 58.6 Å². The van der Waals surface area contributed by atoms with E-state index >= 15 is 0 Å². The van der Waals surface area contributed by atoms with Gasteiger partial charge in [0.05, 0.1) is 10.0 Å². The minimum absolute atomic E-state index is 0.210. The summed E-state index contributed by atoms with van der Waals surface area (Å²) >= 11 is 12.3. The zero-order chi connectivity index (χ0) is 18.6. The number of alkyl halides is 1. The number of ether oxygens (including phenoxy) is 1. The van der Waals surface area contributed by atoms with Crippen molar-refractivity contribution in [1.82, 2.24) is 0 Å². The molecule has 0 spiro atoms. The fourth-order valence-corrected chi connectivity index (χ4v) is 3.05. The Hall–Kier alpha value is -1.98. The summed E-state index contributed by atoms with van der Waals surface area (Å²) in [5.74, 6) is -1.24. The molecule has 7 heteroatoms. The van der Waals surface area contributed by atoms with E-state index in [1.54, 1.807) is 0 Å². The molecule has 134 valence electrons. The molecule has 0 aromatic heterocycles. The van der Waals surface area contributed by atoms with E-state index in [4.69, 9.17) is 33.0 Å². The van der Waals surface area contributed by atoms with E-state index in [1.165, 1.54) is 12.1 Å². The van der Waals surface area contributed by atoms with Crippen molar-refractivity contribution in [2.45, 2.75) is 26.1 Å². The molecule has 2 rings (SSSR count). The predicted molar refractivity (Wildman–Crippen MR) is 97.8 cm³/mol. The highest BCUT2D eigenvalue weighted by molar-refractivity contribution is 6.37. The van der Waals surface area contributed by atoms with Crippen LogP contribution < -0.4 is 10.1 Å². The Morgan fingerprint density at radius 1 is 1.20 bits per heavy atom. The smallest absolute Gasteiger partial charge is 0.338 e. The minimum atomic E-state index is -2.01. The molecular formula is C18H18Cl2FNO3. The van der Waals surface area contributed by atoms with E-state index in [0.29, 0.717) is 5.56 Å². The molecule has 4 nitrogen and oxygen atoms in total. The second kappa shape index (κ2) is 8.41. The van der Waals surface area contributed by atoms with Gasteiger partial charge in [-0.3, -0.25) is 0 Å². The highest BCUT2D eigenvalue weighted by Crippen LogP contribution is 2.35. The maximum atomic E-state index is 13.3. The molecule has 0 aliphatic heterocycles. The highest BCUT2D eigenvalue weighted by Gasteiger charge is 2.18. The number of carboxylic acid groups (broad SMARTS) is 1. The molecule has 2 aromatic rings. The van der Waals surface area contributed by atoms with Crippen LogP contribution in [0.1, 0.15) is 16.7 Å². The summed E-state index contributed by atoms with van der Waals surface area (Å²) in [4.78, 5) is 10.6. The van der Waals surface area contributed by atoms with Crippen molar-refractivity contribution < 1.29 is 19.0 Å². The van der Waals surface area contributed by atoms with Gasteiger partial charge in [0.2, 0.25) is 6.17 Å². The fraction of sp³-hybridized carbons (Fsp3) is 0.278. The van der Waals surface area contributed by atoms with Crippen LogP contribution in [0.4, 0.5) is 10.1 Å². The van der Waals surface area contributed by atoms with Crippen molar-refractivity contribution in [3.8, 4) is 5.75 Å². The molecule has 25 heavy (non-hydrogen) atoms. The van der Waals surface area contributed by atoms with Gasteiger partial charge in [0.25, 0.3) is 0 Å². The first-order chi connectivity index (χ1) is 11.8. The van der Waals surface area contributed by atoms with Crippen molar-refractivity contribution in [3.05, 3.63) is 57.1 Å². The standard InChI is InChI=1S/C18H18Cl2FNO3/c1-10-3-12(5-13(4-10)22-2)9-25-17-14(19)6-11(7-15(17)20)8-16(21)18(23)24/h3-7,16,22H,8-9H2,1-2H3,(H,23,24). The molecule has 0 fully saturated rings. The first-order valence-corrected chi connectivity index (χ1v) is 8.31. The molecule has 0 aliphatic carbocycles. The monoisotopic (exact) mass is 385 g/mol. The third kappa shape index (κ3) is 5.25. The lowest BCUT2D eigenvalue weighted by Crippen LogP contribution is -2.17. The Labute approximate surface area is 155 Å². The Morgan fingerprint density at radius 3 is 2.40 bits per heavy atom. The van der Waals surface area contributed by atoms with Gasteiger partial charge in [0.15, 0.2) is 5.75 Å². The summed E-state index contributed by atoms with van der Waals surface area (Å²) in [6.45, 7) is 2.24. The first-order valence-electron chi connectivity index (χ1n) is 7.56. The fourth-order valence-electron chi connectivity index (χ4n) is 2.41. The second-order valence-electron chi connectivity index (χ2n) is 5.64. The molecule has 2 N–H and O–H groups in total. The van der Waals surface area contributed by atoms with E-state index in [-0.39, 0.29) is 28.8 Å². The molecule has 0 saturated carbocycles. The number of carbonyl (C=O) groups is 1. The van der Waals surface area contributed by atoms with Crippen LogP contribution in [0.5, 0.6) is 5.75 Å². The van der Waals surface area contributed by atoms with E-state index in [9.17, 15) is 9.18 Å². The van der Waals surface area contributed by atoms with Crippen LogP contribution in [0.15, 0.2) is 30.3 Å². The third-order valence-electron chi connectivity index (χ3n) is 3.55. The number of aryl methyl sites for hydroxylation is 1. The Kier molecular flexibility index (Phi) is 6.51. The summed E-state index contributed by atoms with van der Waals surface area (Å²) in [5, 5.41) is 12.1. The number of anilines is 1. The average molecular weight is 386 g/mol. The Morgan fingerprint density at radius 2 is 1.84 bits per heavy atom. The van der Waals surface area contributed by atoms with Crippen LogP contribution in [-0.4, -0.2) is 24.3 Å². The molecule has 0 saturated heterocycles. The maximum Gasteiger partial charge on any atom is 0.338 e. The molecular weight excluding hydrogens is 368 g/mol. The zero-order valence-corrected chi connectivity index (χ0v) is 15.3. The van der Waals surface area contributed by atoms with Gasteiger partial charge in [-0.25, -0.2) is 9.18 Å². The summed E-state index contributed by atoms with van der Waals surface area (Å²) < 4.78 is 19.0. The molecule has 2 aromatic carbocycles. The predicted octanol–water partition coefficient (Wildman–Crippen LogP) is 4.89. The summed E-state index contributed by atoms with van der Waals surface area (Å²) in [6, 6.07) is 8.87. The lowest BCUT2D eigenvalue weighted by Gasteiger charge is -2.13. The summed E-state index contributed by atoms with van der Waals surface area (Å²) in [6.07, 6.45) is -2.32. The van der Waals surface area contributed by atoms with Gasteiger partial charge < -0.3 is 15.2 Å². The van der Waals surface area contributed by atoms with Crippen LogP contribution >= 0.6 is 23.2 Å². The molecule has 0 amide bonds. The van der Waals surface area contributed by atoms with Gasteiger partial charge >= 0.3 is 5.97 Å². The lowest BCUT2D eigenvalue weighted by atomic mass is 10.1. The van der Waals surface area contributed by atoms with Crippen molar-refractivity contribution in [2.75, 3.05) is 12.4 Å². The van der Waals surface area contributed by atoms with Crippen LogP contribution in [-0.2, 0) is 17.8 Å². The molecule has 0 bridgehead atoms. The Balaban J connectivity index is 2.15. The number of benzene rings is 2. The molecule has 0 heterocycles. The maximum absolute atomic E-state index is 13.3. The zero-order valence-electron chi connectivity index (χ0n) is 13.8. The molecule has 1 unspecified atom stereocenters. The minimum Gasteiger partial charge on any atom is -0.486 e. The van der Waals surface area contributed by atoms with Crippen molar-refractivity contribution in [2.24, 2.45) is 0 Å². The lowest BCUT2D eigenvalue weighted by molar-refractivity contribution is -0.142. The number of halogens is 3. The third-order valence-corrected chi connectivity index (χ3v) is 4.11. The quantitative estimate of drug-likeness (QED) is 0.712. The summed E-state index contributed by atoms with van der Waals surface area (Å²) in [5.41, 5.74) is 3.38. The molecule has 0 radical (unpaired) electrons. The van der Waals surface area contributed by atoms with Gasteiger partial charge in [0, 0.05) is 19.2 Å². The average Bonchev–Trinajstić information content (AvgIpc) is 2.53. The first kappa shape index (κ1) is 19.3. The van der Waals surface area contributed by atoms with Gasteiger partial charge in [-0.05, 0) is 47.9 Å². The van der Waals surface area contributed by atoms with Gasteiger partial charge in [-0.15, -0.1) is 0 Å². The largest absolute Gasteiger partial charge is 0.486 e. The van der Waals surface area contributed by atoms with Crippen LogP contribution in [0.3, 0.4) is 0 Å². The SMILES string of the molecule is CNc1cc(C)cc(COc2c(Cl)cc(CC(F)C(=O)O)cc2Cl)c1. The number of nitrogens with one attached hydrogen (secondary N) is 1. The normalized spacial score (nSPS) is 11.9. The van der Waals surface area contributed by atoms with Crippen molar-refractivity contribution >= 4 is 34.9 Å². The van der Waals surface area contributed by atoms with Crippen LogP contribution in [0.25, 0.3) is 0 Å². The van der Waals surface area contributed by atoms with E-state index < -0.39 is 12.1 Å². The second-order valence-corrected chi connectivity index (χ2v) is 6.46. The summed E-state index contributed by atoms with van der Waals surface area (Å²) in [7, 11) is 1.83. The van der Waals surface area contributed by atoms with Crippen molar-refractivity contribution in [3.63, 3.8) is 0 Å². The van der Waals surface area contributed by atoms with Crippen LogP contribution in [0, 0.1) is 6.92 Å². The Bertz CT molecular complexity index is 760. The highest BCUT2D eigenvalue weighted by atomic mass is 35.5. The number of hydrogen-bond acceptors (Lipinski definition) is 3. The van der Waals surface area contributed by atoms with E-state index in [1.807, 2.05) is 32.2 Å². The van der Waals surface area contributed by atoms with Gasteiger partial charge in [-0.1, -0.05) is 29.3 Å². The number of rotatable bonds is 7. The van der Waals surface area contributed by atoms with E-state index in [2.05, 4.69) is 5.32 Å². The van der Waals surface area contributed by atoms with E-state index in [0.717, 1.165) is 16.8 Å². The number of carboxylic acids is 1. The molecule has 1 atom stereocenters.